The summed E-state index contributed by atoms with van der Waals surface area (Å²) >= 11 is 1.31. The molecule has 0 atom stereocenters. The van der Waals surface area contributed by atoms with Gasteiger partial charge in [0.05, 0.1) is 29.3 Å². The number of nitrogens with zero attached hydrogens (tertiary/aromatic N) is 1. The first-order valence-corrected chi connectivity index (χ1v) is 9.14. The number of ether oxygens (including phenoxy) is 1. The minimum atomic E-state index is -1.03. The summed E-state index contributed by atoms with van der Waals surface area (Å²) in [5, 5.41) is 20.6. The third kappa shape index (κ3) is 4.09. The molecule has 0 spiro atoms. The largest absolute Gasteiger partial charge is 0.478 e. The summed E-state index contributed by atoms with van der Waals surface area (Å²) in [6.45, 7) is 0.362. The molecule has 1 heterocycles. The van der Waals surface area contributed by atoms with E-state index in [2.05, 4.69) is 15.0 Å². The van der Waals surface area contributed by atoms with Gasteiger partial charge in [-0.25, -0.2) is 9.78 Å². The molecule has 0 saturated heterocycles. The van der Waals surface area contributed by atoms with Crippen LogP contribution in [0, 0.1) is 5.41 Å². The van der Waals surface area contributed by atoms with Crippen LogP contribution in [-0.4, -0.2) is 41.5 Å². The van der Waals surface area contributed by atoms with E-state index in [-0.39, 0.29) is 23.8 Å². The van der Waals surface area contributed by atoms with Gasteiger partial charge < -0.3 is 20.9 Å². The average Bonchev–Trinajstić information content (AvgIpc) is 3.09. The van der Waals surface area contributed by atoms with Gasteiger partial charge in [-0.1, -0.05) is 35.6 Å². The van der Waals surface area contributed by atoms with Crippen LogP contribution in [0.25, 0.3) is 21.3 Å². The summed E-state index contributed by atoms with van der Waals surface area (Å²) < 4.78 is 5.32. The third-order valence-electron chi connectivity index (χ3n) is 4.08. The van der Waals surface area contributed by atoms with E-state index in [4.69, 9.17) is 11.1 Å². The van der Waals surface area contributed by atoms with Crippen LogP contribution in [0.5, 0.6) is 0 Å². The number of carboxylic acids is 1. The Labute approximate surface area is 164 Å². The number of carbonyl (C=O) groups excluding carboxylic acids is 1. The minimum Gasteiger partial charge on any atom is -0.478 e. The zero-order valence-electron chi connectivity index (χ0n) is 15.0. The topological polar surface area (TPSA) is 138 Å². The van der Waals surface area contributed by atoms with Crippen molar-refractivity contribution in [1.82, 2.24) is 4.98 Å². The molecule has 0 bridgehead atoms. The second-order valence-electron chi connectivity index (χ2n) is 5.94. The molecule has 0 aliphatic rings. The number of aromatic carboxylic acids is 1. The summed E-state index contributed by atoms with van der Waals surface area (Å²) in [7, 11) is 1.33. The van der Waals surface area contributed by atoms with Crippen LogP contribution in [0.3, 0.4) is 0 Å². The number of fused-ring (bicyclic) bond motifs is 1. The second kappa shape index (κ2) is 8.05. The number of hydrogen-bond donors (Lipinski definition) is 4. The number of nitrogens with one attached hydrogen (secondary N) is 2. The van der Waals surface area contributed by atoms with Crippen LogP contribution in [0.1, 0.15) is 22.3 Å². The van der Waals surface area contributed by atoms with Gasteiger partial charge in [-0.3, -0.25) is 10.2 Å². The highest BCUT2D eigenvalue weighted by atomic mass is 32.1. The number of esters is 1. The van der Waals surface area contributed by atoms with Crippen LogP contribution in [-0.2, 0) is 9.53 Å². The maximum absolute atomic E-state index is 11.5. The highest BCUT2D eigenvalue weighted by Crippen LogP contribution is 2.35. The number of rotatable bonds is 7. The average molecular weight is 398 g/mol. The first-order valence-electron chi connectivity index (χ1n) is 8.32. The maximum Gasteiger partial charge on any atom is 0.335 e. The molecular weight excluding hydrogens is 380 g/mol. The number of nitrogen functional groups attached to an aromatic ring is 1. The molecule has 2 aromatic carbocycles. The van der Waals surface area contributed by atoms with Crippen molar-refractivity contribution >= 4 is 44.5 Å². The molecule has 3 aromatic rings. The summed E-state index contributed by atoms with van der Waals surface area (Å²) in [6, 6.07) is 10.1. The Morgan fingerprint density at radius 2 is 1.96 bits per heavy atom. The number of benzene rings is 2. The van der Waals surface area contributed by atoms with Crippen LogP contribution < -0.4 is 11.1 Å². The first-order chi connectivity index (χ1) is 13.4. The Morgan fingerprint density at radius 3 is 2.57 bits per heavy atom. The van der Waals surface area contributed by atoms with E-state index in [1.807, 2.05) is 0 Å². The van der Waals surface area contributed by atoms with Gasteiger partial charge in [0.2, 0.25) is 0 Å². The molecule has 0 unspecified atom stereocenters. The summed E-state index contributed by atoms with van der Waals surface area (Å²) in [4.78, 5) is 27.3. The number of aromatic nitrogens is 1. The normalized spacial score (nSPS) is 10.6. The lowest BCUT2D eigenvalue weighted by molar-refractivity contribution is -0.140. The highest BCUT2D eigenvalue weighted by molar-refractivity contribution is 7.22. The summed E-state index contributed by atoms with van der Waals surface area (Å²) in [6.07, 6.45) is 0.201. The van der Waals surface area contributed by atoms with Crippen LogP contribution in [0.4, 0.5) is 5.13 Å². The van der Waals surface area contributed by atoms with Crippen molar-refractivity contribution in [3.8, 4) is 11.1 Å². The predicted octanol–water partition coefficient (Wildman–Crippen LogP) is 2.92. The molecule has 1 aromatic heterocycles. The number of carbonyl (C=O) groups is 2. The van der Waals surface area contributed by atoms with Gasteiger partial charge in [0.15, 0.2) is 5.13 Å². The lowest BCUT2D eigenvalue weighted by Crippen LogP contribution is -2.10. The molecule has 3 rings (SSSR count). The smallest absolute Gasteiger partial charge is 0.335 e. The van der Waals surface area contributed by atoms with Crippen molar-refractivity contribution in [1.29, 1.82) is 5.41 Å². The Morgan fingerprint density at radius 1 is 1.25 bits per heavy atom. The van der Waals surface area contributed by atoms with Crippen LogP contribution >= 0.6 is 11.3 Å². The molecule has 0 aliphatic carbocycles. The number of thiazole rings is 1. The molecule has 0 fully saturated rings. The van der Waals surface area contributed by atoms with Crippen molar-refractivity contribution < 1.29 is 19.4 Å². The maximum atomic E-state index is 11.5. The van der Waals surface area contributed by atoms with Crippen molar-refractivity contribution in [3.63, 3.8) is 0 Å². The second-order valence-corrected chi connectivity index (χ2v) is 6.97. The fourth-order valence-corrected chi connectivity index (χ4v) is 3.61. The SMILES string of the molecule is COC(=O)CCNc1nc2c(-c3ccc(C(=N)N)cc3)cc(C(=O)O)cc2s1. The Kier molecular flexibility index (Phi) is 5.55. The summed E-state index contributed by atoms with van der Waals surface area (Å²) in [5.74, 6) is -1.40. The van der Waals surface area contributed by atoms with E-state index in [1.54, 1.807) is 36.4 Å². The quantitative estimate of drug-likeness (QED) is 0.273. The predicted molar refractivity (Wildman–Crippen MR) is 108 cm³/mol. The van der Waals surface area contributed by atoms with Gasteiger partial charge in [-0.2, -0.15) is 0 Å². The highest BCUT2D eigenvalue weighted by Gasteiger charge is 2.15. The van der Waals surface area contributed by atoms with Crippen molar-refractivity contribution in [2.75, 3.05) is 19.0 Å². The lowest BCUT2D eigenvalue weighted by Gasteiger charge is -2.06. The molecule has 0 saturated carbocycles. The van der Waals surface area contributed by atoms with Crippen LogP contribution in [0.15, 0.2) is 36.4 Å². The standard InChI is InChI=1S/C19H18N4O4S/c1-27-15(24)6-7-22-19-23-16-13(8-12(18(25)26)9-14(16)28-19)10-2-4-11(5-3-10)17(20)21/h2-5,8-9H,6-7H2,1H3,(H3,20,21)(H,22,23)(H,25,26). The fourth-order valence-electron chi connectivity index (χ4n) is 2.65. The number of nitrogens with two attached hydrogens (primary N) is 1. The van der Waals surface area contributed by atoms with Gasteiger partial charge in [-0.15, -0.1) is 0 Å². The van der Waals surface area contributed by atoms with Gasteiger partial charge in [0, 0.05) is 17.7 Å². The molecule has 5 N–H and O–H groups in total. The number of carboxylic acid groups (broad SMARTS) is 1. The van der Waals surface area contributed by atoms with E-state index in [0.29, 0.717) is 33.0 Å². The van der Waals surface area contributed by atoms with Gasteiger partial charge in [0.25, 0.3) is 0 Å². The van der Waals surface area contributed by atoms with E-state index in [1.165, 1.54) is 18.4 Å². The molecule has 0 aliphatic heterocycles. The molecular formula is C19H18N4O4S. The number of anilines is 1. The Bertz CT molecular complexity index is 1060. The van der Waals surface area contributed by atoms with E-state index in [0.717, 1.165) is 5.56 Å². The zero-order valence-corrected chi connectivity index (χ0v) is 15.8. The number of amidine groups is 1. The lowest BCUT2D eigenvalue weighted by atomic mass is 10.0. The van der Waals surface area contributed by atoms with E-state index in [9.17, 15) is 14.7 Å². The molecule has 0 radical (unpaired) electrons. The van der Waals surface area contributed by atoms with Crippen molar-refractivity contribution in [2.45, 2.75) is 6.42 Å². The van der Waals surface area contributed by atoms with Crippen molar-refractivity contribution in [2.24, 2.45) is 5.73 Å². The van der Waals surface area contributed by atoms with Crippen LogP contribution in [0.2, 0.25) is 0 Å². The molecule has 144 valence electrons. The Balaban J connectivity index is 2.00. The van der Waals surface area contributed by atoms with E-state index >= 15 is 0 Å². The van der Waals surface area contributed by atoms with E-state index < -0.39 is 5.97 Å². The fraction of sp³-hybridized carbons (Fsp3) is 0.158. The minimum absolute atomic E-state index is 0.0401. The zero-order chi connectivity index (χ0) is 20.3. The molecule has 8 nitrogen and oxygen atoms in total. The monoisotopic (exact) mass is 398 g/mol. The molecule has 0 amide bonds. The number of methoxy groups -OCH3 is 1. The Hall–Kier alpha value is -3.46. The van der Waals surface area contributed by atoms with Gasteiger partial charge in [-0.05, 0) is 17.7 Å². The third-order valence-corrected chi connectivity index (χ3v) is 5.04. The molecule has 9 heteroatoms. The first kappa shape index (κ1) is 19.3. The summed E-state index contributed by atoms with van der Waals surface area (Å²) in [5.41, 5.74) is 8.32. The molecule has 28 heavy (non-hydrogen) atoms. The van der Waals surface area contributed by atoms with Crippen molar-refractivity contribution in [3.05, 3.63) is 47.5 Å². The van der Waals surface area contributed by atoms with Gasteiger partial charge in [0.1, 0.15) is 5.84 Å². The van der Waals surface area contributed by atoms with Gasteiger partial charge >= 0.3 is 11.9 Å². The number of hydrogen-bond acceptors (Lipinski definition) is 7.